The molecule has 1 saturated heterocycles. The first-order chi connectivity index (χ1) is 16.3. The number of carbonyl (C=O) groups excluding carboxylic acids is 1. The van der Waals surface area contributed by atoms with Crippen LogP contribution < -0.4 is 5.32 Å². The molecule has 33 heavy (non-hydrogen) atoms. The zero-order valence-corrected chi connectivity index (χ0v) is 18.4. The molecule has 1 aliphatic heterocycles. The van der Waals surface area contributed by atoms with Crippen molar-refractivity contribution >= 4 is 16.8 Å². The lowest BCUT2D eigenvalue weighted by Crippen LogP contribution is -2.36. The molecule has 6 nitrogen and oxygen atoms in total. The van der Waals surface area contributed by atoms with Gasteiger partial charge in [0.15, 0.2) is 0 Å². The Bertz CT molecular complexity index is 1250. The summed E-state index contributed by atoms with van der Waals surface area (Å²) in [5.41, 5.74) is 5.47. The Morgan fingerprint density at radius 1 is 0.939 bits per heavy atom. The second-order valence-corrected chi connectivity index (χ2v) is 8.15. The van der Waals surface area contributed by atoms with Crippen molar-refractivity contribution in [3.63, 3.8) is 0 Å². The third kappa shape index (κ3) is 4.92. The van der Waals surface area contributed by atoms with Crippen LogP contribution >= 0.6 is 0 Å². The monoisotopic (exact) mass is 438 g/mol. The van der Waals surface area contributed by atoms with Gasteiger partial charge >= 0.3 is 0 Å². The molecule has 3 heterocycles. The smallest absolute Gasteiger partial charge is 0.252 e. The van der Waals surface area contributed by atoms with E-state index in [1.807, 2.05) is 48.5 Å². The molecule has 0 radical (unpaired) electrons. The van der Waals surface area contributed by atoms with E-state index in [4.69, 9.17) is 9.72 Å². The average molecular weight is 439 g/mol. The zero-order chi connectivity index (χ0) is 22.5. The van der Waals surface area contributed by atoms with Crippen LogP contribution in [0.4, 0.5) is 0 Å². The van der Waals surface area contributed by atoms with Crippen LogP contribution in [-0.4, -0.2) is 47.1 Å². The van der Waals surface area contributed by atoms with Gasteiger partial charge in [0, 0.05) is 49.5 Å². The molecule has 0 spiro atoms. The Balaban J connectivity index is 1.39. The molecule has 0 aliphatic carbocycles. The summed E-state index contributed by atoms with van der Waals surface area (Å²) in [4.78, 5) is 24.6. The SMILES string of the molecule is O=C(NCc1ccccc1CN1CCOCC1)c1cc(-c2ccncc2)nc2ccccc12. The van der Waals surface area contributed by atoms with Gasteiger partial charge in [-0.15, -0.1) is 0 Å². The van der Waals surface area contributed by atoms with Crippen LogP contribution in [0, 0.1) is 0 Å². The summed E-state index contributed by atoms with van der Waals surface area (Å²) in [5.74, 6) is -0.106. The summed E-state index contributed by atoms with van der Waals surface area (Å²) in [6.07, 6.45) is 3.47. The number of para-hydroxylation sites is 1. The van der Waals surface area contributed by atoms with Gasteiger partial charge in [0.1, 0.15) is 0 Å². The van der Waals surface area contributed by atoms with E-state index in [1.165, 1.54) is 5.56 Å². The fourth-order valence-electron chi connectivity index (χ4n) is 4.19. The number of morpholine rings is 1. The van der Waals surface area contributed by atoms with E-state index in [0.717, 1.165) is 60.6 Å². The lowest BCUT2D eigenvalue weighted by atomic mass is 10.0. The van der Waals surface area contributed by atoms with Crippen molar-refractivity contribution in [2.75, 3.05) is 26.3 Å². The van der Waals surface area contributed by atoms with Gasteiger partial charge in [0.2, 0.25) is 0 Å². The van der Waals surface area contributed by atoms with Crippen molar-refractivity contribution in [1.29, 1.82) is 0 Å². The summed E-state index contributed by atoms with van der Waals surface area (Å²) >= 11 is 0. The van der Waals surface area contributed by atoms with Gasteiger partial charge < -0.3 is 10.1 Å². The second kappa shape index (κ2) is 9.90. The largest absolute Gasteiger partial charge is 0.379 e. The molecule has 0 unspecified atom stereocenters. The van der Waals surface area contributed by atoms with E-state index in [0.29, 0.717) is 12.1 Å². The first-order valence-corrected chi connectivity index (χ1v) is 11.2. The Kier molecular flexibility index (Phi) is 6.37. The van der Waals surface area contributed by atoms with E-state index in [2.05, 4.69) is 33.4 Å². The van der Waals surface area contributed by atoms with Crippen LogP contribution in [0.2, 0.25) is 0 Å². The van der Waals surface area contributed by atoms with Crippen molar-refractivity contribution < 1.29 is 9.53 Å². The Morgan fingerprint density at radius 2 is 1.67 bits per heavy atom. The number of ether oxygens (including phenoxy) is 1. The molecular formula is C27H26N4O2. The molecule has 2 aromatic carbocycles. The Morgan fingerprint density at radius 3 is 2.48 bits per heavy atom. The number of pyridine rings is 2. The quantitative estimate of drug-likeness (QED) is 0.492. The number of hydrogen-bond donors (Lipinski definition) is 1. The zero-order valence-electron chi connectivity index (χ0n) is 18.4. The standard InChI is InChI=1S/C27H26N4O2/c32-27(29-18-21-5-1-2-6-22(21)19-31-13-15-33-16-14-31)24-17-26(20-9-11-28-12-10-20)30-25-8-4-3-7-23(24)25/h1-12,17H,13-16,18-19H2,(H,29,32). The van der Waals surface area contributed by atoms with Crippen molar-refractivity contribution in [3.05, 3.63) is 95.8 Å². The molecule has 0 bridgehead atoms. The number of benzene rings is 2. The minimum Gasteiger partial charge on any atom is -0.379 e. The highest BCUT2D eigenvalue weighted by molar-refractivity contribution is 6.07. The predicted molar refractivity (Wildman–Crippen MR) is 129 cm³/mol. The summed E-state index contributed by atoms with van der Waals surface area (Å²) in [5, 5.41) is 3.98. The molecule has 2 aromatic heterocycles. The number of carbonyl (C=O) groups is 1. The average Bonchev–Trinajstić information content (AvgIpc) is 2.88. The van der Waals surface area contributed by atoms with Gasteiger partial charge in [0.05, 0.1) is 30.0 Å². The van der Waals surface area contributed by atoms with Crippen molar-refractivity contribution in [2.45, 2.75) is 13.1 Å². The third-order valence-electron chi connectivity index (χ3n) is 5.99. The lowest BCUT2D eigenvalue weighted by Gasteiger charge is -2.27. The van der Waals surface area contributed by atoms with Crippen LogP contribution in [0.25, 0.3) is 22.2 Å². The Hall–Kier alpha value is -3.61. The minimum absolute atomic E-state index is 0.106. The fraction of sp³-hybridized carbons (Fsp3) is 0.222. The van der Waals surface area contributed by atoms with Gasteiger partial charge in [-0.25, -0.2) is 4.98 Å². The van der Waals surface area contributed by atoms with E-state index in [1.54, 1.807) is 12.4 Å². The molecule has 1 N–H and O–H groups in total. The number of fused-ring (bicyclic) bond motifs is 1. The van der Waals surface area contributed by atoms with Gasteiger partial charge in [0.25, 0.3) is 5.91 Å². The number of aromatic nitrogens is 2. The molecule has 4 aromatic rings. The molecule has 6 heteroatoms. The summed E-state index contributed by atoms with van der Waals surface area (Å²) in [6, 6.07) is 21.7. The van der Waals surface area contributed by atoms with Crippen molar-refractivity contribution in [1.82, 2.24) is 20.2 Å². The van der Waals surface area contributed by atoms with Crippen LogP contribution in [0.15, 0.2) is 79.1 Å². The normalized spacial score (nSPS) is 14.3. The maximum absolute atomic E-state index is 13.3. The summed E-state index contributed by atoms with van der Waals surface area (Å²) in [7, 11) is 0. The van der Waals surface area contributed by atoms with E-state index < -0.39 is 0 Å². The number of nitrogens with one attached hydrogen (secondary N) is 1. The number of amides is 1. The molecule has 0 atom stereocenters. The fourth-order valence-corrected chi connectivity index (χ4v) is 4.19. The highest BCUT2D eigenvalue weighted by atomic mass is 16.5. The maximum Gasteiger partial charge on any atom is 0.252 e. The van der Waals surface area contributed by atoms with E-state index >= 15 is 0 Å². The number of nitrogens with zero attached hydrogens (tertiary/aromatic N) is 3. The highest BCUT2D eigenvalue weighted by Crippen LogP contribution is 2.24. The maximum atomic E-state index is 13.3. The molecule has 1 fully saturated rings. The van der Waals surface area contributed by atoms with E-state index in [9.17, 15) is 4.79 Å². The minimum atomic E-state index is -0.106. The number of hydrogen-bond acceptors (Lipinski definition) is 5. The number of rotatable bonds is 6. The lowest BCUT2D eigenvalue weighted by molar-refractivity contribution is 0.0340. The molecule has 166 valence electrons. The second-order valence-electron chi connectivity index (χ2n) is 8.15. The first-order valence-electron chi connectivity index (χ1n) is 11.2. The van der Waals surface area contributed by atoms with Gasteiger partial charge in [-0.1, -0.05) is 42.5 Å². The molecule has 1 amide bonds. The van der Waals surface area contributed by atoms with Crippen molar-refractivity contribution in [2.24, 2.45) is 0 Å². The van der Waals surface area contributed by atoms with Crippen LogP contribution in [-0.2, 0) is 17.8 Å². The summed E-state index contributed by atoms with van der Waals surface area (Å²) in [6.45, 7) is 4.74. The van der Waals surface area contributed by atoms with Gasteiger partial charge in [-0.2, -0.15) is 0 Å². The molecular weight excluding hydrogens is 412 g/mol. The first kappa shape index (κ1) is 21.2. The predicted octanol–water partition coefficient (Wildman–Crippen LogP) is 4.06. The molecule has 0 saturated carbocycles. The highest BCUT2D eigenvalue weighted by Gasteiger charge is 2.16. The molecule has 5 rings (SSSR count). The third-order valence-corrected chi connectivity index (χ3v) is 5.99. The Labute approximate surface area is 193 Å². The summed E-state index contributed by atoms with van der Waals surface area (Å²) < 4.78 is 5.47. The van der Waals surface area contributed by atoms with Crippen LogP contribution in [0.3, 0.4) is 0 Å². The topological polar surface area (TPSA) is 67.4 Å². The van der Waals surface area contributed by atoms with E-state index in [-0.39, 0.29) is 5.91 Å². The van der Waals surface area contributed by atoms with Crippen LogP contribution in [0.1, 0.15) is 21.5 Å². The van der Waals surface area contributed by atoms with Crippen LogP contribution in [0.5, 0.6) is 0 Å². The molecule has 1 aliphatic rings. The van der Waals surface area contributed by atoms with Gasteiger partial charge in [-0.05, 0) is 35.4 Å². The van der Waals surface area contributed by atoms with Gasteiger partial charge in [-0.3, -0.25) is 14.7 Å². The van der Waals surface area contributed by atoms with Crippen molar-refractivity contribution in [3.8, 4) is 11.3 Å².